The fourth-order valence-corrected chi connectivity index (χ4v) is 16.1. The number of aliphatic imine (C=N–C) groups is 1. The van der Waals surface area contributed by atoms with Crippen molar-refractivity contribution in [2.45, 2.75) is 6.92 Å². The Balaban J connectivity index is 0.952. The van der Waals surface area contributed by atoms with Crippen LogP contribution in [0.25, 0.3) is 88.9 Å². The van der Waals surface area contributed by atoms with Gasteiger partial charge in [0.1, 0.15) is 11.7 Å². The number of nitrogens with zero attached hydrogens (tertiary/aromatic N) is 5. The summed E-state index contributed by atoms with van der Waals surface area (Å²) in [6.07, 6.45) is 0. The van der Waals surface area contributed by atoms with Gasteiger partial charge in [-0.25, -0.2) is 15.0 Å². The zero-order valence-electron chi connectivity index (χ0n) is 40.8. The van der Waals surface area contributed by atoms with E-state index in [0.717, 1.165) is 67.2 Å². The summed E-state index contributed by atoms with van der Waals surface area (Å²) in [5.41, 5.74) is 10.9. The lowest BCUT2D eigenvalue weighted by atomic mass is 10.00. The Morgan fingerprint density at radius 2 is 0.824 bits per heavy atom. The fraction of sp³-hybridized carbons (Fsp3) is 0.0147. The van der Waals surface area contributed by atoms with Gasteiger partial charge in [0.25, 0.3) is 0 Å². The molecule has 3 heterocycles. The monoisotopic (exact) mass is 963 g/mol. The molecule has 13 rings (SSSR count). The molecule has 6 heteroatoms. The lowest BCUT2D eigenvalue weighted by Gasteiger charge is -2.34. The van der Waals surface area contributed by atoms with Gasteiger partial charge < -0.3 is 0 Å². The number of aromatic nitrogens is 4. The molecular formula is C68H49N5Si. The zero-order valence-corrected chi connectivity index (χ0v) is 41.8. The van der Waals surface area contributed by atoms with Gasteiger partial charge in [0, 0.05) is 44.3 Å². The largest absolute Gasteiger partial charge is 0.297 e. The SMILES string of the molecule is C=C(/N=C(\C)n1c2ccccc2c2ccccc21)c1cccc(-c2cccc(-c3nc(-c4cccc([Si](c5ccccc5)(c5ccccc5)c5ccccc5)c4)cc(-n4c5ccccc5c5ccccc54)n3)c2)c1. The predicted molar refractivity (Wildman–Crippen MR) is 313 cm³/mol. The molecule has 0 spiro atoms. The first-order valence-electron chi connectivity index (χ1n) is 25.1. The molecule has 0 radical (unpaired) electrons. The average Bonchev–Trinajstić information content (AvgIpc) is 4.00. The van der Waals surface area contributed by atoms with Crippen LogP contribution in [-0.4, -0.2) is 33.0 Å². The summed E-state index contributed by atoms with van der Waals surface area (Å²) in [4.78, 5) is 16.2. The molecule has 0 aliphatic heterocycles. The van der Waals surface area contributed by atoms with E-state index in [1.54, 1.807) is 0 Å². The Hall–Kier alpha value is -9.49. The smallest absolute Gasteiger partial charge is 0.179 e. The minimum atomic E-state index is -2.85. The van der Waals surface area contributed by atoms with Crippen LogP contribution in [0.3, 0.4) is 0 Å². The molecule has 0 N–H and O–H groups in total. The van der Waals surface area contributed by atoms with Crippen LogP contribution in [0.5, 0.6) is 0 Å². The normalized spacial score (nSPS) is 12.0. The maximum Gasteiger partial charge on any atom is 0.179 e. The third-order valence-electron chi connectivity index (χ3n) is 14.6. The van der Waals surface area contributed by atoms with Gasteiger partial charge in [-0.05, 0) is 75.2 Å². The molecule has 0 fully saturated rings. The Kier molecular flexibility index (Phi) is 11.2. The zero-order chi connectivity index (χ0) is 49.6. The Morgan fingerprint density at radius 1 is 0.392 bits per heavy atom. The van der Waals surface area contributed by atoms with Crippen LogP contribution >= 0.6 is 0 Å². The molecule has 350 valence electrons. The van der Waals surface area contributed by atoms with Gasteiger partial charge in [-0.2, -0.15) is 0 Å². The summed E-state index contributed by atoms with van der Waals surface area (Å²) in [7, 11) is -2.85. The van der Waals surface area contributed by atoms with Gasteiger partial charge >= 0.3 is 0 Å². The lowest BCUT2D eigenvalue weighted by Crippen LogP contribution is -2.74. The van der Waals surface area contributed by atoms with Gasteiger partial charge in [0.05, 0.1) is 33.5 Å². The number of rotatable bonds is 10. The topological polar surface area (TPSA) is 48.0 Å². The summed E-state index contributed by atoms with van der Waals surface area (Å²) in [6.45, 7) is 6.56. The summed E-state index contributed by atoms with van der Waals surface area (Å²) < 4.78 is 4.52. The molecule has 0 aliphatic carbocycles. The van der Waals surface area contributed by atoms with E-state index in [2.05, 4.69) is 290 Å². The minimum absolute atomic E-state index is 0.635. The standard InChI is InChI=1S/C68H49N5Si/c1-47(69-48(2)72-63-39-16-12-35-58(63)59-36-13-17-40-64(59)72)49-23-20-24-50(43-49)51-25-21-27-53(44-51)68-70-62(46-67(71-68)73-65-41-18-14-37-60(65)61-38-15-19-42-66(61)73)52-26-22-34-57(45-52)74(54-28-6-3-7-29-54,55-30-8-4-9-31-55)56-32-10-5-11-33-56/h3-46H,1H2,2H3/b69-48+. The van der Waals surface area contributed by atoms with Crippen molar-refractivity contribution in [1.82, 2.24) is 19.1 Å². The number of para-hydroxylation sites is 4. The Labute approximate surface area is 431 Å². The van der Waals surface area contributed by atoms with E-state index in [0.29, 0.717) is 11.5 Å². The first kappa shape index (κ1) is 44.4. The third-order valence-corrected chi connectivity index (χ3v) is 19.4. The molecule has 0 atom stereocenters. The third kappa shape index (κ3) is 7.59. The van der Waals surface area contributed by atoms with Crippen LogP contribution in [0.2, 0.25) is 0 Å². The molecule has 74 heavy (non-hydrogen) atoms. The highest BCUT2D eigenvalue weighted by atomic mass is 28.3. The van der Waals surface area contributed by atoms with E-state index in [-0.39, 0.29) is 0 Å². The van der Waals surface area contributed by atoms with Crippen LogP contribution < -0.4 is 20.7 Å². The van der Waals surface area contributed by atoms with E-state index >= 15 is 0 Å². The first-order chi connectivity index (χ1) is 36.5. The molecule has 0 saturated carbocycles. The second-order valence-corrected chi connectivity index (χ2v) is 22.7. The first-order valence-corrected chi connectivity index (χ1v) is 27.1. The van der Waals surface area contributed by atoms with Crippen molar-refractivity contribution >= 4 is 84.0 Å². The van der Waals surface area contributed by atoms with Gasteiger partial charge in [-0.15, -0.1) is 0 Å². The predicted octanol–water partition coefficient (Wildman–Crippen LogP) is 14.0. The molecular weight excluding hydrogens is 915 g/mol. The minimum Gasteiger partial charge on any atom is -0.297 e. The summed E-state index contributed by atoms with van der Waals surface area (Å²) in [5, 5.41) is 9.98. The lowest BCUT2D eigenvalue weighted by molar-refractivity contribution is 1.05. The van der Waals surface area contributed by atoms with Crippen LogP contribution in [0, 0.1) is 0 Å². The van der Waals surface area contributed by atoms with Crippen molar-refractivity contribution in [2.75, 3.05) is 0 Å². The highest BCUT2D eigenvalue weighted by Gasteiger charge is 2.41. The summed E-state index contributed by atoms with van der Waals surface area (Å²) in [5.74, 6) is 2.29. The van der Waals surface area contributed by atoms with Crippen molar-refractivity contribution in [3.05, 3.63) is 279 Å². The average molecular weight is 964 g/mol. The molecule has 0 bridgehead atoms. The van der Waals surface area contributed by atoms with E-state index in [9.17, 15) is 0 Å². The van der Waals surface area contributed by atoms with Crippen molar-refractivity contribution in [2.24, 2.45) is 4.99 Å². The Bertz CT molecular complexity index is 4080. The van der Waals surface area contributed by atoms with Crippen molar-refractivity contribution < 1.29 is 0 Å². The van der Waals surface area contributed by atoms with E-state index in [4.69, 9.17) is 15.0 Å². The van der Waals surface area contributed by atoms with Crippen LogP contribution in [-0.2, 0) is 0 Å². The molecule has 3 aromatic heterocycles. The van der Waals surface area contributed by atoms with Crippen LogP contribution in [0.1, 0.15) is 12.5 Å². The van der Waals surface area contributed by atoms with Crippen LogP contribution in [0.4, 0.5) is 0 Å². The summed E-state index contributed by atoms with van der Waals surface area (Å²) in [6, 6.07) is 95.8. The second-order valence-electron chi connectivity index (χ2n) is 18.9. The van der Waals surface area contributed by atoms with Crippen molar-refractivity contribution in [3.8, 4) is 39.6 Å². The van der Waals surface area contributed by atoms with E-state index in [1.807, 2.05) is 0 Å². The van der Waals surface area contributed by atoms with Gasteiger partial charge in [-0.3, -0.25) is 9.13 Å². The fourth-order valence-electron chi connectivity index (χ4n) is 11.3. The van der Waals surface area contributed by atoms with E-state index < -0.39 is 8.07 Å². The number of hydrogen-bond donors (Lipinski definition) is 0. The molecule has 10 aromatic carbocycles. The Morgan fingerprint density at radius 3 is 1.39 bits per heavy atom. The second kappa shape index (κ2) is 18.6. The molecule has 5 nitrogen and oxygen atoms in total. The maximum absolute atomic E-state index is 5.52. The molecule has 13 aromatic rings. The van der Waals surface area contributed by atoms with Gasteiger partial charge in [0.2, 0.25) is 0 Å². The van der Waals surface area contributed by atoms with Gasteiger partial charge in [0.15, 0.2) is 13.9 Å². The number of hydrogen-bond acceptors (Lipinski definition) is 3. The number of fused-ring (bicyclic) bond motifs is 6. The van der Waals surface area contributed by atoms with E-state index in [1.165, 1.54) is 42.3 Å². The highest BCUT2D eigenvalue weighted by molar-refractivity contribution is 7.19. The van der Waals surface area contributed by atoms with Crippen LogP contribution in [0.15, 0.2) is 278 Å². The van der Waals surface area contributed by atoms with Crippen molar-refractivity contribution in [1.29, 1.82) is 0 Å². The maximum atomic E-state index is 5.52. The quantitative estimate of drug-likeness (QED) is 0.0593. The molecule has 0 amide bonds. The summed E-state index contributed by atoms with van der Waals surface area (Å²) >= 11 is 0. The van der Waals surface area contributed by atoms with Gasteiger partial charge in [-0.1, -0.05) is 231 Å². The highest BCUT2D eigenvalue weighted by Crippen LogP contribution is 2.35. The molecule has 0 unspecified atom stereocenters. The molecule has 0 aliphatic rings. The number of benzene rings is 10. The molecule has 0 saturated heterocycles. The van der Waals surface area contributed by atoms with Crippen molar-refractivity contribution in [3.63, 3.8) is 0 Å².